The van der Waals surface area contributed by atoms with Gasteiger partial charge in [0, 0.05) is 22.6 Å². The van der Waals surface area contributed by atoms with Crippen molar-refractivity contribution < 1.29 is 52.7 Å². The molecule has 0 amide bonds. The number of rotatable bonds is 5. The summed E-state index contributed by atoms with van der Waals surface area (Å²) in [6.45, 7) is 0. The van der Waals surface area contributed by atoms with Gasteiger partial charge in [-0.05, 0) is 15.9 Å². The Morgan fingerprint density at radius 3 is 0.950 bits per heavy atom. The van der Waals surface area contributed by atoms with Crippen molar-refractivity contribution in [2.75, 3.05) is 0 Å². The van der Waals surface area contributed by atoms with E-state index in [0.717, 1.165) is 0 Å². The first-order valence-corrected chi connectivity index (χ1v) is 5.77. The van der Waals surface area contributed by atoms with Gasteiger partial charge in [-0.2, -0.15) is 52.7 Å². The molecule has 0 bridgehead atoms. The van der Waals surface area contributed by atoms with Crippen molar-refractivity contribution in [3.63, 3.8) is 0 Å². The highest BCUT2D eigenvalue weighted by Crippen LogP contribution is 2.61. The summed E-state index contributed by atoms with van der Waals surface area (Å²) in [5.41, 5.74) is 0. The molecule has 0 saturated heterocycles. The number of halogens is 14. The van der Waals surface area contributed by atoms with Crippen molar-refractivity contribution in [1.29, 1.82) is 0 Å². The van der Waals surface area contributed by atoms with E-state index in [0.29, 0.717) is 15.9 Å². The molecule has 0 nitrogen and oxygen atoms in total. The maximum absolute atomic E-state index is 12.7. The zero-order chi connectivity index (χ0) is 17.0. The molecule has 0 aromatic carbocycles. The van der Waals surface area contributed by atoms with E-state index < -0.39 is 55.0 Å². The fraction of sp³-hybridized carbons (Fsp3) is 1.00. The van der Waals surface area contributed by atoms with Gasteiger partial charge < -0.3 is 0 Å². The molecule has 0 aromatic heterocycles. The van der Waals surface area contributed by atoms with E-state index in [2.05, 4.69) is 0 Å². The van der Waals surface area contributed by atoms with E-state index >= 15 is 0 Å². The summed E-state index contributed by atoms with van der Waals surface area (Å²) < 4.78 is 144. The predicted octanol–water partition coefficient (Wildman–Crippen LogP) is 5.54. The molecule has 0 aliphatic carbocycles. The monoisotopic (exact) mass is 506 g/mol. The van der Waals surface area contributed by atoms with Gasteiger partial charge in [0.15, 0.2) is 0 Å². The lowest BCUT2D eigenvalue weighted by atomic mass is 9.99. The fourth-order valence-electron chi connectivity index (χ4n) is 0.750. The van der Waals surface area contributed by atoms with Gasteiger partial charge in [-0.15, -0.1) is 0 Å². The summed E-state index contributed by atoms with van der Waals surface area (Å²) in [4.78, 5) is -6.05. The summed E-state index contributed by atoms with van der Waals surface area (Å²) in [7, 11) is 0. The van der Waals surface area contributed by atoms with Crippen LogP contribution in [-0.4, -0.2) is 32.5 Å². The number of hydrogen-bond acceptors (Lipinski definition) is 0. The van der Waals surface area contributed by atoms with Crippen LogP contribution in [0, 0.1) is 0 Å². The van der Waals surface area contributed by atoms with E-state index in [1.165, 1.54) is 0 Å². The molecular formula is C6BrF12I. The van der Waals surface area contributed by atoms with E-state index in [4.69, 9.17) is 0 Å². The first-order chi connectivity index (χ1) is 8.25. The minimum Gasteiger partial charge on any atom is -0.192 e. The Bertz CT molecular complexity index is 329. The Morgan fingerprint density at radius 1 is 0.500 bits per heavy atom. The normalized spacial score (nSPS) is 16.5. The predicted molar refractivity (Wildman–Crippen MR) is 52.6 cm³/mol. The van der Waals surface area contributed by atoms with Crippen LogP contribution in [0.4, 0.5) is 52.7 Å². The highest BCUT2D eigenvalue weighted by Gasteiger charge is 2.89. The van der Waals surface area contributed by atoms with Crippen LogP contribution < -0.4 is 0 Å². The van der Waals surface area contributed by atoms with Crippen molar-refractivity contribution >= 4 is 38.5 Å². The quantitative estimate of drug-likeness (QED) is 0.261. The third-order valence-corrected chi connectivity index (χ3v) is 3.07. The second kappa shape index (κ2) is 4.94. The lowest BCUT2D eigenvalue weighted by Crippen LogP contribution is -2.68. The average molecular weight is 507 g/mol. The molecule has 0 spiro atoms. The molecule has 0 unspecified atom stereocenters. The average Bonchev–Trinajstić information content (AvgIpc) is 2.12. The summed E-state index contributed by atoms with van der Waals surface area (Å²) >= 11 is -0.0925. The first-order valence-electron chi connectivity index (χ1n) is 3.90. The number of hydrogen-bond donors (Lipinski definition) is 0. The van der Waals surface area contributed by atoms with Gasteiger partial charge in [0.25, 0.3) is 0 Å². The largest absolute Gasteiger partial charge is 0.388 e. The lowest BCUT2D eigenvalue weighted by Gasteiger charge is -2.39. The summed E-state index contributed by atoms with van der Waals surface area (Å²) in [6, 6.07) is 0. The van der Waals surface area contributed by atoms with E-state index in [1.54, 1.807) is 0 Å². The van der Waals surface area contributed by atoms with Gasteiger partial charge in [0.1, 0.15) is 0 Å². The molecular weight excluding hydrogens is 507 g/mol. The van der Waals surface area contributed by atoms with Crippen LogP contribution in [0.15, 0.2) is 0 Å². The van der Waals surface area contributed by atoms with Crippen molar-refractivity contribution in [2.45, 2.75) is 32.5 Å². The van der Waals surface area contributed by atoms with Gasteiger partial charge in [-0.3, -0.25) is 0 Å². The zero-order valence-corrected chi connectivity index (χ0v) is 12.0. The van der Waals surface area contributed by atoms with Gasteiger partial charge in [0.05, 0.1) is 0 Å². The Morgan fingerprint density at radius 2 is 0.750 bits per heavy atom. The van der Waals surface area contributed by atoms with Crippen LogP contribution in [0.25, 0.3) is 0 Å². The molecule has 0 N–H and O–H groups in total. The number of alkyl halides is 14. The molecule has 0 radical (unpaired) electrons. The molecule has 0 aliphatic heterocycles. The van der Waals surface area contributed by atoms with Crippen LogP contribution in [0.5, 0.6) is 0 Å². The first kappa shape index (κ1) is 20.4. The maximum Gasteiger partial charge on any atom is 0.388 e. The van der Waals surface area contributed by atoms with Crippen LogP contribution in [0.3, 0.4) is 0 Å². The summed E-state index contributed by atoms with van der Waals surface area (Å²) in [6.07, 6.45) is 0. The fourth-order valence-corrected chi connectivity index (χ4v) is 1.34. The van der Waals surface area contributed by atoms with E-state index in [-0.39, 0.29) is 0 Å². The minimum absolute atomic E-state index is 0.615. The molecule has 14 heteroatoms. The van der Waals surface area contributed by atoms with Crippen molar-refractivity contribution in [3.8, 4) is 0 Å². The van der Waals surface area contributed by atoms with E-state index in [1.807, 2.05) is 0 Å². The highest BCUT2D eigenvalue weighted by molar-refractivity contribution is 14.1. The van der Waals surface area contributed by atoms with Gasteiger partial charge in [-0.25, -0.2) is 0 Å². The molecule has 0 saturated carbocycles. The van der Waals surface area contributed by atoms with Gasteiger partial charge in [0.2, 0.25) is 0 Å². The highest BCUT2D eigenvalue weighted by atomic mass is 127. The maximum atomic E-state index is 12.7. The van der Waals surface area contributed by atoms with Gasteiger partial charge in [-0.1, -0.05) is 0 Å². The lowest BCUT2D eigenvalue weighted by molar-refractivity contribution is -0.402. The molecule has 0 fully saturated rings. The Hall–Kier alpha value is 0.370. The molecule has 0 atom stereocenters. The zero-order valence-electron chi connectivity index (χ0n) is 8.29. The third-order valence-electron chi connectivity index (χ3n) is 1.90. The summed E-state index contributed by atoms with van der Waals surface area (Å²) in [5, 5.41) is 0. The second-order valence-electron chi connectivity index (χ2n) is 3.29. The summed E-state index contributed by atoms with van der Waals surface area (Å²) in [5.74, 6) is -29.0. The Labute approximate surface area is 124 Å². The molecule has 20 heavy (non-hydrogen) atoms. The smallest absolute Gasteiger partial charge is 0.192 e. The van der Waals surface area contributed by atoms with Crippen molar-refractivity contribution in [3.05, 3.63) is 0 Å². The molecule has 0 heterocycles. The third kappa shape index (κ3) is 2.69. The molecule has 0 rings (SSSR count). The van der Waals surface area contributed by atoms with Crippen LogP contribution in [-0.2, 0) is 0 Å². The minimum atomic E-state index is -7.48. The van der Waals surface area contributed by atoms with Crippen LogP contribution in [0.1, 0.15) is 0 Å². The molecule has 0 aromatic rings. The van der Waals surface area contributed by atoms with Gasteiger partial charge >= 0.3 is 32.5 Å². The topological polar surface area (TPSA) is 0 Å². The molecule has 122 valence electrons. The SMILES string of the molecule is FC(F)(Br)C(F)(F)C(F)(F)C(F)(F)C(F)(F)C(F)(F)I. The van der Waals surface area contributed by atoms with Crippen molar-refractivity contribution in [1.82, 2.24) is 0 Å². The Balaban J connectivity index is 6.08. The standard InChI is InChI=1S/C6BrF12I/c7-5(16,17)3(12,13)1(8,9)2(10,11)4(14,15)6(18,19)20. The Kier molecular flexibility index (Phi) is 5.03. The van der Waals surface area contributed by atoms with Crippen molar-refractivity contribution in [2.24, 2.45) is 0 Å². The molecule has 0 aliphatic rings. The van der Waals surface area contributed by atoms with Crippen LogP contribution in [0.2, 0.25) is 0 Å². The van der Waals surface area contributed by atoms with Crippen LogP contribution >= 0.6 is 38.5 Å². The van der Waals surface area contributed by atoms with E-state index in [9.17, 15) is 52.7 Å². The second-order valence-corrected chi connectivity index (χ2v) is 5.64.